The first-order chi connectivity index (χ1) is 6.35. The van der Waals surface area contributed by atoms with Crippen molar-refractivity contribution in [2.75, 3.05) is 31.7 Å². The lowest BCUT2D eigenvalue weighted by atomic mass is 9.87. The van der Waals surface area contributed by atoms with Crippen LogP contribution in [0.2, 0.25) is 0 Å². The second-order valence-electron chi connectivity index (χ2n) is 3.48. The van der Waals surface area contributed by atoms with E-state index in [0.717, 1.165) is 11.5 Å². The van der Waals surface area contributed by atoms with Gasteiger partial charge in [-0.2, -0.15) is 0 Å². The van der Waals surface area contributed by atoms with Gasteiger partial charge in [-0.3, -0.25) is 0 Å². The Labute approximate surface area is 81.3 Å². The number of ether oxygens (including phenoxy) is 1. The maximum atomic E-state index is 9.15. The Hall–Kier alpha value is -0.580. The molecule has 0 spiro atoms. The van der Waals surface area contributed by atoms with Gasteiger partial charge in [0.15, 0.2) is 0 Å². The molecule has 2 rings (SSSR count). The van der Waals surface area contributed by atoms with Crippen molar-refractivity contribution in [3.63, 3.8) is 0 Å². The van der Waals surface area contributed by atoms with Gasteiger partial charge in [-0.05, 0) is 17.5 Å². The molecule has 0 amide bonds. The zero-order valence-electron chi connectivity index (χ0n) is 7.32. The van der Waals surface area contributed by atoms with Crippen LogP contribution in [0, 0.1) is 5.41 Å². The van der Waals surface area contributed by atoms with Crippen molar-refractivity contribution < 1.29 is 9.84 Å². The largest absolute Gasteiger partial charge is 0.396 e. The molecule has 13 heavy (non-hydrogen) atoms. The molecule has 1 saturated heterocycles. The number of rotatable bonds is 4. The quantitative estimate of drug-likeness (QED) is 0.765. The van der Waals surface area contributed by atoms with Crippen molar-refractivity contribution >= 4 is 16.3 Å². The molecule has 1 aliphatic heterocycles. The highest BCUT2D eigenvalue weighted by molar-refractivity contribution is 7.14. The number of anilines is 1. The molecule has 1 fully saturated rings. The molecule has 72 valence electrons. The van der Waals surface area contributed by atoms with Crippen LogP contribution >= 0.6 is 11.3 Å². The summed E-state index contributed by atoms with van der Waals surface area (Å²) >= 11 is 1.68. The van der Waals surface area contributed by atoms with E-state index >= 15 is 0 Å². The Morgan fingerprint density at radius 3 is 2.92 bits per heavy atom. The molecule has 1 aliphatic rings. The lowest BCUT2D eigenvalue weighted by Gasteiger charge is -2.39. The van der Waals surface area contributed by atoms with Crippen molar-refractivity contribution in [2.24, 2.45) is 5.41 Å². The summed E-state index contributed by atoms with van der Waals surface area (Å²) in [6.45, 7) is 2.33. The normalized spacial score (nSPS) is 19.5. The summed E-state index contributed by atoms with van der Waals surface area (Å²) in [5.74, 6) is 0. The molecule has 1 aromatic rings. The van der Waals surface area contributed by atoms with E-state index in [-0.39, 0.29) is 12.0 Å². The Balaban J connectivity index is 1.84. The number of aliphatic hydroxyl groups is 1. The second kappa shape index (κ2) is 3.65. The molecule has 1 aromatic heterocycles. The van der Waals surface area contributed by atoms with Gasteiger partial charge in [0.25, 0.3) is 0 Å². The average Bonchev–Trinajstić information content (AvgIpc) is 2.56. The summed E-state index contributed by atoms with van der Waals surface area (Å²) in [6, 6.07) is 4.05. The fourth-order valence-electron chi connectivity index (χ4n) is 1.29. The van der Waals surface area contributed by atoms with Crippen LogP contribution in [0.25, 0.3) is 0 Å². The zero-order chi connectivity index (χ0) is 9.15. The molecule has 0 aliphatic carbocycles. The van der Waals surface area contributed by atoms with Crippen molar-refractivity contribution in [2.45, 2.75) is 0 Å². The van der Waals surface area contributed by atoms with Crippen LogP contribution in [-0.2, 0) is 4.74 Å². The summed E-state index contributed by atoms with van der Waals surface area (Å²) in [5.41, 5.74) is -0.0377. The fourth-order valence-corrected chi connectivity index (χ4v) is 1.91. The topological polar surface area (TPSA) is 41.5 Å². The third kappa shape index (κ3) is 1.85. The Kier molecular flexibility index (Phi) is 2.53. The summed E-state index contributed by atoms with van der Waals surface area (Å²) in [4.78, 5) is 0. The predicted molar refractivity (Wildman–Crippen MR) is 53.1 cm³/mol. The molecule has 0 aromatic carbocycles. The van der Waals surface area contributed by atoms with E-state index in [1.165, 1.54) is 0 Å². The van der Waals surface area contributed by atoms with Crippen molar-refractivity contribution in [1.29, 1.82) is 0 Å². The summed E-state index contributed by atoms with van der Waals surface area (Å²) < 4.78 is 5.10. The summed E-state index contributed by atoms with van der Waals surface area (Å²) in [6.07, 6.45) is 0. The van der Waals surface area contributed by atoms with E-state index in [4.69, 9.17) is 9.84 Å². The first kappa shape index (κ1) is 8.99. The van der Waals surface area contributed by atoms with Gasteiger partial charge in [0.05, 0.1) is 30.2 Å². The van der Waals surface area contributed by atoms with Crippen LogP contribution in [0.5, 0.6) is 0 Å². The SMILES string of the molecule is OCC1(CNc2cccs2)COC1. The molecule has 0 saturated carbocycles. The standard InChI is InChI=1S/C9H13NO2S/c11-5-9(6-12-7-9)4-10-8-2-1-3-13-8/h1-3,10-11H,4-7H2. The van der Waals surface area contributed by atoms with Crippen LogP contribution in [0.1, 0.15) is 0 Å². The molecule has 2 N–H and O–H groups in total. The Morgan fingerprint density at radius 2 is 2.46 bits per heavy atom. The Morgan fingerprint density at radius 1 is 1.62 bits per heavy atom. The van der Waals surface area contributed by atoms with Gasteiger partial charge in [-0.15, -0.1) is 11.3 Å². The van der Waals surface area contributed by atoms with Crippen LogP contribution in [-0.4, -0.2) is 31.5 Å². The van der Waals surface area contributed by atoms with Crippen molar-refractivity contribution in [3.8, 4) is 0 Å². The van der Waals surface area contributed by atoms with Crippen molar-refractivity contribution in [1.82, 2.24) is 0 Å². The highest BCUT2D eigenvalue weighted by atomic mass is 32.1. The molecular weight excluding hydrogens is 186 g/mol. The minimum absolute atomic E-state index is 0.0377. The minimum atomic E-state index is -0.0377. The van der Waals surface area contributed by atoms with Gasteiger partial charge in [0.2, 0.25) is 0 Å². The monoisotopic (exact) mass is 199 g/mol. The van der Waals surface area contributed by atoms with Gasteiger partial charge in [-0.1, -0.05) is 0 Å². The third-order valence-corrected chi connectivity index (χ3v) is 3.14. The van der Waals surface area contributed by atoms with E-state index in [1.807, 2.05) is 17.5 Å². The predicted octanol–water partition coefficient (Wildman–Crippen LogP) is 1.17. The van der Waals surface area contributed by atoms with E-state index in [9.17, 15) is 0 Å². The van der Waals surface area contributed by atoms with Crippen LogP contribution in [0.4, 0.5) is 5.00 Å². The first-order valence-electron chi connectivity index (χ1n) is 4.31. The lowest BCUT2D eigenvalue weighted by molar-refractivity contribution is -0.128. The molecule has 0 unspecified atom stereocenters. The van der Waals surface area contributed by atoms with Gasteiger partial charge < -0.3 is 15.2 Å². The number of nitrogens with one attached hydrogen (secondary N) is 1. The molecule has 4 heteroatoms. The van der Waals surface area contributed by atoms with Crippen LogP contribution < -0.4 is 5.32 Å². The van der Waals surface area contributed by atoms with Gasteiger partial charge in [0.1, 0.15) is 0 Å². The van der Waals surface area contributed by atoms with E-state index in [1.54, 1.807) is 11.3 Å². The zero-order valence-corrected chi connectivity index (χ0v) is 8.14. The van der Waals surface area contributed by atoms with Crippen LogP contribution in [0.3, 0.4) is 0 Å². The van der Waals surface area contributed by atoms with E-state index < -0.39 is 0 Å². The smallest absolute Gasteiger partial charge is 0.0882 e. The number of thiophene rings is 1. The molecule has 0 radical (unpaired) electrons. The van der Waals surface area contributed by atoms with E-state index in [0.29, 0.717) is 13.2 Å². The Bertz CT molecular complexity index is 251. The first-order valence-corrected chi connectivity index (χ1v) is 5.19. The second-order valence-corrected chi connectivity index (χ2v) is 4.43. The molecule has 0 bridgehead atoms. The number of hydrogen-bond donors (Lipinski definition) is 2. The van der Waals surface area contributed by atoms with Gasteiger partial charge >= 0.3 is 0 Å². The third-order valence-electron chi connectivity index (χ3n) is 2.31. The molecule has 3 nitrogen and oxygen atoms in total. The maximum absolute atomic E-state index is 9.15. The highest BCUT2D eigenvalue weighted by Crippen LogP contribution is 2.27. The lowest BCUT2D eigenvalue weighted by Crippen LogP contribution is -2.50. The van der Waals surface area contributed by atoms with Gasteiger partial charge in [-0.25, -0.2) is 0 Å². The summed E-state index contributed by atoms with van der Waals surface area (Å²) in [7, 11) is 0. The average molecular weight is 199 g/mol. The minimum Gasteiger partial charge on any atom is -0.396 e. The van der Waals surface area contributed by atoms with Gasteiger partial charge in [0, 0.05) is 6.54 Å². The summed E-state index contributed by atoms with van der Waals surface area (Å²) in [5, 5.41) is 15.6. The van der Waals surface area contributed by atoms with E-state index in [2.05, 4.69) is 5.32 Å². The molecular formula is C9H13NO2S. The highest BCUT2D eigenvalue weighted by Gasteiger charge is 2.37. The van der Waals surface area contributed by atoms with Crippen molar-refractivity contribution in [3.05, 3.63) is 17.5 Å². The fraction of sp³-hybridized carbons (Fsp3) is 0.556. The number of hydrogen-bond acceptors (Lipinski definition) is 4. The maximum Gasteiger partial charge on any atom is 0.0882 e. The van der Waals surface area contributed by atoms with Crippen LogP contribution in [0.15, 0.2) is 17.5 Å². The molecule has 2 heterocycles. The number of aliphatic hydroxyl groups excluding tert-OH is 1. The molecule has 0 atom stereocenters.